The standard InChI is InChI=1S/C22H24N4O3/c1-22(2,3)24-21(27)20(18-12-5-6-13-19(18)25-26-23)29-14-8-10-16-9-7-11-17(15-16)28-4/h5-7,9,11-13,15,20H,14H2,1-4H3,(H,24,27). The average Bonchev–Trinajstić information content (AvgIpc) is 2.68. The fraction of sp³-hybridized carbons (Fsp3) is 0.318. The van der Waals surface area contributed by atoms with Crippen molar-refractivity contribution in [3.8, 4) is 17.6 Å². The van der Waals surface area contributed by atoms with Crippen LogP contribution in [0.15, 0.2) is 53.6 Å². The van der Waals surface area contributed by atoms with Gasteiger partial charge in [-0.3, -0.25) is 4.79 Å². The second-order valence-corrected chi connectivity index (χ2v) is 7.21. The molecule has 1 N–H and O–H groups in total. The molecule has 0 aliphatic rings. The molecule has 7 nitrogen and oxygen atoms in total. The van der Waals surface area contributed by atoms with Crippen LogP contribution in [0.4, 0.5) is 5.69 Å². The van der Waals surface area contributed by atoms with Crippen molar-refractivity contribution in [2.45, 2.75) is 32.4 Å². The highest BCUT2D eigenvalue weighted by molar-refractivity contribution is 5.84. The molecule has 0 spiro atoms. The fourth-order valence-electron chi connectivity index (χ4n) is 2.55. The first-order valence-electron chi connectivity index (χ1n) is 9.04. The SMILES string of the molecule is COc1cccc(C#CCOC(C(=O)NC(C)(C)C)c2ccccc2N=[N+]=[N-])c1. The number of nitrogens with zero attached hydrogens (tertiary/aromatic N) is 3. The minimum Gasteiger partial charge on any atom is -0.497 e. The molecule has 7 heteroatoms. The first-order valence-corrected chi connectivity index (χ1v) is 9.04. The number of amides is 1. The summed E-state index contributed by atoms with van der Waals surface area (Å²) in [6.07, 6.45) is -0.962. The summed E-state index contributed by atoms with van der Waals surface area (Å²) >= 11 is 0. The Morgan fingerprint density at radius 2 is 2.00 bits per heavy atom. The number of hydrogen-bond donors (Lipinski definition) is 1. The quantitative estimate of drug-likeness (QED) is 0.335. The molecule has 2 aromatic carbocycles. The Hall–Kier alpha value is -3.46. The molecule has 0 heterocycles. The van der Waals surface area contributed by atoms with Crippen molar-refractivity contribution in [1.82, 2.24) is 5.32 Å². The zero-order valence-electron chi connectivity index (χ0n) is 17.0. The highest BCUT2D eigenvalue weighted by Crippen LogP contribution is 2.29. The lowest BCUT2D eigenvalue weighted by molar-refractivity contribution is -0.133. The smallest absolute Gasteiger partial charge is 0.254 e. The van der Waals surface area contributed by atoms with Crippen molar-refractivity contribution in [2.75, 3.05) is 13.7 Å². The van der Waals surface area contributed by atoms with Crippen LogP contribution in [0.25, 0.3) is 10.4 Å². The number of ether oxygens (including phenoxy) is 2. The van der Waals surface area contributed by atoms with Gasteiger partial charge in [-0.15, -0.1) is 0 Å². The third-order valence-corrected chi connectivity index (χ3v) is 3.73. The van der Waals surface area contributed by atoms with Gasteiger partial charge in [0.25, 0.3) is 5.91 Å². The minimum absolute atomic E-state index is 0.0179. The van der Waals surface area contributed by atoms with E-state index in [1.807, 2.05) is 45.0 Å². The summed E-state index contributed by atoms with van der Waals surface area (Å²) in [5, 5.41) is 6.57. The van der Waals surface area contributed by atoms with Crippen LogP contribution in [0, 0.1) is 11.8 Å². The predicted octanol–water partition coefficient (Wildman–Crippen LogP) is 4.66. The van der Waals surface area contributed by atoms with E-state index in [1.54, 1.807) is 31.4 Å². The molecule has 1 amide bonds. The van der Waals surface area contributed by atoms with E-state index in [9.17, 15) is 4.79 Å². The van der Waals surface area contributed by atoms with E-state index in [0.29, 0.717) is 17.0 Å². The van der Waals surface area contributed by atoms with Crippen molar-refractivity contribution in [2.24, 2.45) is 5.11 Å². The second kappa shape index (κ2) is 10.2. The molecule has 0 fully saturated rings. The maximum Gasteiger partial charge on any atom is 0.254 e. The summed E-state index contributed by atoms with van der Waals surface area (Å²) in [5.74, 6) is 6.28. The lowest BCUT2D eigenvalue weighted by Crippen LogP contribution is -2.43. The van der Waals surface area contributed by atoms with Gasteiger partial charge in [-0.25, -0.2) is 0 Å². The Morgan fingerprint density at radius 1 is 1.24 bits per heavy atom. The van der Waals surface area contributed by atoms with Gasteiger partial charge in [0, 0.05) is 21.7 Å². The number of carbonyl (C=O) groups is 1. The second-order valence-electron chi connectivity index (χ2n) is 7.21. The number of hydrogen-bond acceptors (Lipinski definition) is 4. The molecule has 1 atom stereocenters. The predicted molar refractivity (Wildman–Crippen MR) is 112 cm³/mol. The minimum atomic E-state index is -0.962. The molecule has 0 bridgehead atoms. The van der Waals surface area contributed by atoms with Gasteiger partial charge >= 0.3 is 0 Å². The van der Waals surface area contributed by atoms with Crippen molar-refractivity contribution in [1.29, 1.82) is 0 Å². The fourth-order valence-corrected chi connectivity index (χ4v) is 2.55. The van der Waals surface area contributed by atoms with Crippen LogP contribution < -0.4 is 10.1 Å². The van der Waals surface area contributed by atoms with Gasteiger partial charge in [-0.1, -0.05) is 47.3 Å². The molecule has 29 heavy (non-hydrogen) atoms. The zero-order chi connectivity index (χ0) is 21.3. The van der Waals surface area contributed by atoms with E-state index >= 15 is 0 Å². The first kappa shape index (κ1) is 21.8. The number of benzene rings is 2. The molecule has 0 aliphatic heterocycles. The Balaban J connectivity index is 2.24. The molecule has 2 rings (SSSR count). The Bertz CT molecular complexity index is 964. The van der Waals surface area contributed by atoms with Crippen LogP contribution in [0.2, 0.25) is 0 Å². The van der Waals surface area contributed by atoms with E-state index in [1.165, 1.54) is 0 Å². The lowest BCUT2D eigenvalue weighted by atomic mass is 10.0. The highest BCUT2D eigenvalue weighted by atomic mass is 16.5. The Morgan fingerprint density at radius 3 is 2.69 bits per heavy atom. The van der Waals surface area contributed by atoms with Crippen molar-refractivity contribution < 1.29 is 14.3 Å². The van der Waals surface area contributed by atoms with Crippen LogP contribution in [-0.4, -0.2) is 25.2 Å². The summed E-state index contributed by atoms with van der Waals surface area (Å²) in [6, 6.07) is 14.2. The van der Waals surface area contributed by atoms with Gasteiger partial charge in [0.2, 0.25) is 0 Å². The third-order valence-electron chi connectivity index (χ3n) is 3.73. The molecule has 0 radical (unpaired) electrons. The average molecular weight is 392 g/mol. The molecule has 0 aliphatic carbocycles. The molecule has 1 unspecified atom stereocenters. The number of azide groups is 1. The van der Waals surface area contributed by atoms with Crippen LogP contribution in [-0.2, 0) is 9.53 Å². The summed E-state index contributed by atoms with van der Waals surface area (Å²) in [6.45, 7) is 5.65. The molecule has 2 aromatic rings. The number of rotatable bonds is 6. The molecule has 0 aromatic heterocycles. The molecule has 0 saturated heterocycles. The largest absolute Gasteiger partial charge is 0.497 e. The molecular weight excluding hydrogens is 368 g/mol. The molecule has 0 saturated carbocycles. The maximum absolute atomic E-state index is 12.8. The normalized spacial score (nSPS) is 11.4. The van der Waals surface area contributed by atoms with Gasteiger partial charge < -0.3 is 14.8 Å². The number of methoxy groups -OCH3 is 1. The molecular formula is C22H24N4O3. The van der Waals surface area contributed by atoms with Crippen molar-refractivity contribution >= 4 is 11.6 Å². The Labute approximate surface area is 170 Å². The monoisotopic (exact) mass is 392 g/mol. The van der Waals surface area contributed by atoms with E-state index in [4.69, 9.17) is 15.0 Å². The van der Waals surface area contributed by atoms with Crippen LogP contribution in [0.5, 0.6) is 5.75 Å². The van der Waals surface area contributed by atoms with Gasteiger partial charge in [-0.05, 0) is 50.1 Å². The summed E-state index contributed by atoms with van der Waals surface area (Å²) < 4.78 is 11.0. The maximum atomic E-state index is 12.8. The number of carbonyl (C=O) groups excluding carboxylic acids is 1. The topological polar surface area (TPSA) is 96.3 Å². The van der Waals surface area contributed by atoms with Gasteiger partial charge in [0.05, 0.1) is 7.11 Å². The van der Waals surface area contributed by atoms with Gasteiger partial charge in [0.15, 0.2) is 6.10 Å². The highest BCUT2D eigenvalue weighted by Gasteiger charge is 2.26. The van der Waals surface area contributed by atoms with Gasteiger partial charge in [0.1, 0.15) is 12.4 Å². The lowest BCUT2D eigenvalue weighted by Gasteiger charge is -2.25. The van der Waals surface area contributed by atoms with E-state index in [2.05, 4.69) is 27.2 Å². The summed E-state index contributed by atoms with van der Waals surface area (Å²) in [7, 11) is 1.59. The number of nitrogens with one attached hydrogen (secondary N) is 1. The van der Waals surface area contributed by atoms with Gasteiger partial charge in [-0.2, -0.15) is 0 Å². The van der Waals surface area contributed by atoms with Crippen LogP contribution in [0.1, 0.15) is 38.0 Å². The first-order chi connectivity index (χ1) is 13.8. The van der Waals surface area contributed by atoms with Crippen LogP contribution in [0.3, 0.4) is 0 Å². The Kier molecular flexibility index (Phi) is 7.67. The van der Waals surface area contributed by atoms with E-state index < -0.39 is 11.6 Å². The van der Waals surface area contributed by atoms with E-state index in [0.717, 1.165) is 5.56 Å². The summed E-state index contributed by atoms with van der Waals surface area (Å²) in [4.78, 5) is 15.7. The summed E-state index contributed by atoms with van der Waals surface area (Å²) in [5.41, 5.74) is 9.97. The van der Waals surface area contributed by atoms with Crippen molar-refractivity contribution in [3.63, 3.8) is 0 Å². The molecule has 150 valence electrons. The zero-order valence-corrected chi connectivity index (χ0v) is 17.0. The van der Waals surface area contributed by atoms with Crippen LogP contribution >= 0.6 is 0 Å². The third kappa shape index (κ3) is 6.89. The van der Waals surface area contributed by atoms with Crippen molar-refractivity contribution in [3.05, 3.63) is 70.1 Å². The van der Waals surface area contributed by atoms with E-state index in [-0.39, 0.29) is 12.5 Å².